The van der Waals surface area contributed by atoms with Gasteiger partial charge < -0.3 is 10.6 Å². The molecule has 22 heavy (non-hydrogen) atoms. The van der Waals surface area contributed by atoms with Gasteiger partial charge in [0.2, 0.25) is 5.91 Å². The first-order chi connectivity index (χ1) is 10.7. The molecule has 0 aromatic heterocycles. The molecule has 2 fully saturated rings. The average Bonchev–Trinajstić information content (AvgIpc) is 3.34. The first kappa shape index (κ1) is 13.8. The van der Waals surface area contributed by atoms with Crippen LogP contribution in [0.25, 0.3) is 10.8 Å². The van der Waals surface area contributed by atoms with Gasteiger partial charge in [0.1, 0.15) is 0 Å². The van der Waals surface area contributed by atoms with Crippen molar-refractivity contribution < 1.29 is 4.79 Å². The number of likely N-dealkylation sites (tertiary alicyclic amines) is 1. The summed E-state index contributed by atoms with van der Waals surface area (Å²) in [6.45, 7) is 1.61. The van der Waals surface area contributed by atoms with Crippen LogP contribution in [0.4, 0.5) is 0 Å². The number of fused-ring (bicyclic) bond motifs is 1. The average molecular weight is 294 g/mol. The van der Waals surface area contributed by atoms with Gasteiger partial charge in [-0.1, -0.05) is 42.5 Å². The number of hydrogen-bond donors (Lipinski definition) is 1. The van der Waals surface area contributed by atoms with Gasteiger partial charge in [0.25, 0.3) is 0 Å². The van der Waals surface area contributed by atoms with Crippen LogP contribution in [0.5, 0.6) is 0 Å². The number of nitrogens with two attached hydrogens (primary N) is 1. The van der Waals surface area contributed by atoms with Gasteiger partial charge in [-0.3, -0.25) is 4.79 Å². The molecule has 1 aliphatic carbocycles. The summed E-state index contributed by atoms with van der Waals surface area (Å²) in [6.07, 6.45) is 3.07. The summed E-state index contributed by atoms with van der Waals surface area (Å²) >= 11 is 0. The Bertz CT molecular complexity index is 706. The number of carbonyl (C=O) groups excluding carboxylic acids is 1. The number of benzene rings is 2. The van der Waals surface area contributed by atoms with E-state index >= 15 is 0 Å². The highest BCUT2D eigenvalue weighted by atomic mass is 16.2. The minimum Gasteiger partial charge on any atom is -0.341 e. The topological polar surface area (TPSA) is 46.3 Å². The summed E-state index contributed by atoms with van der Waals surface area (Å²) in [5.74, 6) is 0.862. The Balaban J connectivity index is 1.55. The molecule has 1 saturated carbocycles. The summed E-state index contributed by atoms with van der Waals surface area (Å²) in [7, 11) is 0. The predicted octanol–water partition coefficient (Wildman–Crippen LogP) is 2.89. The van der Waals surface area contributed by atoms with Crippen LogP contribution < -0.4 is 5.73 Å². The normalized spacial score (nSPS) is 27.9. The molecule has 3 nitrogen and oxygen atoms in total. The lowest BCUT2D eigenvalue weighted by Gasteiger charge is -2.31. The maximum Gasteiger partial charge on any atom is 0.226 e. The number of carbonyl (C=O) groups is 1. The zero-order valence-electron chi connectivity index (χ0n) is 12.7. The Morgan fingerprint density at radius 2 is 1.95 bits per heavy atom. The standard InChI is InChI=1S/C19H22N2O/c20-14-7-4-10-21(12-14)19(22)18-11-17(18)16-9-3-6-13-5-1-2-8-15(13)16/h1-3,5-6,8-9,14,17-18H,4,7,10-12,20H2. The Labute approximate surface area is 131 Å². The van der Waals surface area contributed by atoms with Crippen molar-refractivity contribution >= 4 is 16.7 Å². The van der Waals surface area contributed by atoms with Crippen LogP contribution in [0.1, 0.15) is 30.7 Å². The predicted molar refractivity (Wildman–Crippen MR) is 88.6 cm³/mol. The van der Waals surface area contributed by atoms with E-state index in [0.29, 0.717) is 11.8 Å². The van der Waals surface area contributed by atoms with Gasteiger partial charge in [-0.05, 0) is 41.5 Å². The molecule has 4 rings (SSSR count). The van der Waals surface area contributed by atoms with Crippen molar-refractivity contribution in [2.24, 2.45) is 11.7 Å². The van der Waals surface area contributed by atoms with Crippen molar-refractivity contribution in [3.05, 3.63) is 48.0 Å². The summed E-state index contributed by atoms with van der Waals surface area (Å²) in [5.41, 5.74) is 7.34. The molecule has 0 spiro atoms. The van der Waals surface area contributed by atoms with E-state index in [1.165, 1.54) is 16.3 Å². The van der Waals surface area contributed by atoms with Crippen molar-refractivity contribution in [2.75, 3.05) is 13.1 Å². The lowest BCUT2D eigenvalue weighted by atomic mass is 9.99. The van der Waals surface area contributed by atoms with Crippen LogP contribution in [0.15, 0.2) is 42.5 Å². The van der Waals surface area contributed by atoms with E-state index in [-0.39, 0.29) is 12.0 Å². The summed E-state index contributed by atoms with van der Waals surface area (Å²) < 4.78 is 0. The Morgan fingerprint density at radius 1 is 1.14 bits per heavy atom. The van der Waals surface area contributed by atoms with Gasteiger partial charge in [-0.25, -0.2) is 0 Å². The third-order valence-electron chi connectivity index (χ3n) is 5.10. The van der Waals surface area contributed by atoms with E-state index < -0.39 is 0 Å². The van der Waals surface area contributed by atoms with Crippen LogP contribution in [0, 0.1) is 5.92 Å². The molecule has 1 saturated heterocycles. The summed E-state index contributed by atoms with van der Waals surface area (Å²) in [5, 5.41) is 2.55. The first-order valence-corrected chi connectivity index (χ1v) is 8.26. The lowest BCUT2D eigenvalue weighted by molar-refractivity contribution is -0.133. The second-order valence-electron chi connectivity index (χ2n) is 6.70. The monoisotopic (exact) mass is 294 g/mol. The van der Waals surface area contributed by atoms with Crippen molar-refractivity contribution in [1.82, 2.24) is 4.90 Å². The van der Waals surface area contributed by atoms with E-state index in [4.69, 9.17) is 5.73 Å². The maximum atomic E-state index is 12.7. The van der Waals surface area contributed by atoms with E-state index in [1.807, 2.05) is 4.90 Å². The highest BCUT2D eigenvalue weighted by molar-refractivity contribution is 5.89. The molecule has 2 N–H and O–H groups in total. The molecule has 3 atom stereocenters. The van der Waals surface area contributed by atoms with Crippen molar-refractivity contribution in [3.63, 3.8) is 0 Å². The van der Waals surface area contributed by atoms with Gasteiger partial charge >= 0.3 is 0 Å². The van der Waals surface area contributed by atoms with Gasteiger partial charge in [0.15, 0.2) is 0 Å². The fourth-order valence-electron chi connectivity index (χ4n) is 3.83. The molecule has 2 aromatic rings. The number of rotatable bonds is 2. The molecule has 0 bridgehead atoms. The molecule has 3 unspecified atom stereocenters. The number of amides is 1. The molecule has 3 heteroatoms. The lowest BCUT2D eigenvalue weighted by Crippen LogP contribution is -2.46. The molecular weight excluding hydrogens is 272 g/mol. The number of nitrogens with zero attached hydrogens (tertiary/aromatic N) is 1. The highest BCUT2D eigenvalue weighted by Gasteiger charge is 2.46. The Kier molecular flexibility index (Phi) is 3.38. The second kappa shape index (κ2) is 5.40. The zero-order valence-corrected chi connectivity index (χ0v) is 12.7. The van der Waals surface area contributed by atoms with Crippen LogP contribution in [0.2, 0.25) is 0 Å². The van der Waals surface area contributed by atoms with E-state index in [2.05, 4.69) is 42.5 Å². The smallest absolute Gasteiger partial charge is 0.226 e. The molecule has 2 aliphatic rings. The first-order valence-electron chi connectivity index (χ1n) is 8.26. The van der Waals surface area contributed by atoms with Crippen LogP contribution in [-0.4, -0.2) is 29.9 Å². The highest BCUT2D eigenvalue weighted by Crippen LogP contribution is 2.50. The van der Waals surface area contributed by atoms with Gasteiger partial charge in [0.05, 0.1) is 0 Å². The maximum absolute atomic E-state index is 12.7. The van der Waals surface area contributed by atoms with Gasteiger partial charge in [-0.15, -0.1) is 0 Å². The minimum atomic E-state index is 0.160. The van der Waals surface area contributed by atoms with Crippen molar-refractivity contribution in [3.8, 4) is 0 Å². The van der Waals surface area contributed by atoms with Crippen LogP contribution >= 0.6 is 0 Å². The fourth-order valence-corrected chi connectivity index (χ4v) is 3.83. The summed E-state index contributed by atoms with van der Waals surface area (Å²) in [6, 6.07) is 15.0. The van der Waals surface area contributed by atoms with E-state index in [1.54, 1.807) is 0 Å². The number of hydrogen-bond acceptors (Lipinski definition) is 2. The largest absolute Gasteiger partial charge is 0.341 e. The van der Waals surface area contributed by atoms with E-state index in [9.17, 15) is 4.79 Å². The molecule has 1 aliphatic heterocycles. The van der Waals surface area contributed by atoms with Crippen molar-refractivity contribution in [1.29, 1.82) is 0 Å². The number of piperidine rings is 1. The second-order valence-corrected chi connectivity index (χ2v) is 6.70. The SMILES string of the molecule is NC1CCCN(C(=O)C2CC2c2cccc3ccccc23)C1. The third kappa shape index (κ3) is 2.40. The molecular formula is C19H22N2O. The van der Waals surface area contributed by atoms with Gasteiger partial charge in [0, 0.05) is 25.0 Å². The zero-order chi connectivity index (χ0) is 15.1. The fraction of sp³-hybridized carbons (Fsp3) is 0.421. The Hall–Kier alpha value is -1.87. The Morgan fingerprint density at radius 3 is 2.82 bits per heavy atom. The minimum absolute atomic E-state index is 0.160. The summed E-state index contributed by atoms with van der Waals surface area (Å²) in [4.78, 5) is 14.7. The molecule has 0 radical (unpaired) electrons. The molecule has 114 valence electrons. The molecule has 1 heterocycles. The quantitative estimate of drug-likeness (QED) is 0.925. The van der Waals surface area contributed by atoms with E-state index in [0.717, 1.165) is 32.4 Å². The van der Waals surface area contributed by atoms with Gasteiger partial charge in [-0.2, -0.15) is 0 Å². The van der Waals surface area contributed by atoms with Crippen molar-refractivity contribution in [2.45, 2.75) is 31.2 Å². The molecule has 2 aromatic carbocycles. The van der Waals surface area contributed by atoms with Crippen LogP contribution in [0.3, 0.4) is 0 Å². The third-order valence-corrected chi connectivity index (χ3v) is 5.10. The van der Waals surface area contributed by atoms with Crippen LogP contribution in [-0.2, 0) is 4.79 Å². The molecule has 1 amide bonds.